The lowest BCUT2D eigenvalue weighted by Gasteiger charge is -1.68. The van der Waals surface area contributed by atoms with Crippen molar-refractivity contribution in [3.05, 3.63) is 24.4 Å². The van der Waals surface area contributed by atoms with Crippen LogP contribution in [0.1, 0.15) is 0 Å². The van der Waals surface area contributed by atoms with Crippen LogP contribution in [0.4, 0.5) is 0 Å². The second-order valence-electron chi connectivity index (χ2n) is 1.13. The highest BCUT2D eigenvalue weighted by atomic mass is 32.1. The monoisotopic (exact) mass is 141 g/mol. The Labute approximate surface area is 59.4 Å². The minimum absolute atomic E-state index is 0.703. The van der Waals surface area contributed by atoms with Gasteiger partial charge in [0.1, 0.15) is 6.29 Å². The molecule has 0 atom stereocenters. The minimum Gasteiger partial charge on any atom is -0.299 e. The summed E-state index contributed by atoms with van der Waals surface area (Å²) in [6.45, 7) is 0. The van der Waals surface area contributed by atoms with Gasteiger partial charge in [0.2, 0.25) is 0 Å². The van der Waals surface area contributed by atoms with E-state index in [0.29, 0.717) is 6.29 Å². The van der Waals surface area contributed by atoms with E-state index in [2.05, 4.69) is 17.6 Å². The molecule has 0 saturated heterocycles. The predicted octanol–water partition coefficient (Wildman–Crippen LogP) is 1.21. The molecule has 0 aromatic rings. The quantitative estimate of drug-likeness (QED) is 0.157. The normalized spacial score (nSPS) is 12.1. The molecule has 0 saturated carbocycles. The topological polar surface area (TPSA) is 29.4 Å². The molecular formula is C6H7NOS. The molecule has 3 heteroatoms. The van der Waals surface area contributed by atoms with Crippen molar-refractivity contribution in [3.8, 4) is 0 Å². The standard InChI is InChI=1S/C6H7NOS/c8-5-3-1-2-4-7-6-9/h1-6H,(H,7,9)/b3-1-,4-2+. The fourth-order valence-electron chi connectivity index (χ4n) is 0.247. The Morgan fingerprint density at radius 2 is 2.00 bits per heavy atom. The summed E-state index contributed by atoms with van der Waals surface area (Å²) in [6, 6.07) is 0. The Hall–Kier alpha value is -0.830. The SMILES string of the molecule is O=C\C=C/C=C/N=C\S. The smallest absolute Gasteiger partial charge is 0.142 e. The third kappa shape index (κ3) is 7.17. The van der Waals surface area contributed by atoms with Gasteiger partial charge in [-0.25, -0.2) is 0 Å². The van der Waals surface area contributed by atoms with Gasteiger partial charge in [0.15, 0.2) is 0 Å². The van der Waals surface area contributed by atoms with Gasteiger partial charge in [-0.3, -0.25) is 9.79 Å². The number of carbonyl (C=O) groups is 1. The first-order valence-electron chi connectivity index (χ1n) is 2.34. The van der Waals surface area contributed by atoms with Gasteiger partial charge in [0.05, 0.1) is 5.55 Å². The minimum atomic E-state index is 0.703. The molecule has 0 fully saturated rings. The zero-order valence-corrected chi connectivity index (χ0v) is 5.66. The molecule has 0 unspecified atom stereocenters. The second-order valence-corrected chi connectivity index (χ2v) is 1.36. The van der Waals surface area contributed by atoms with Crippen LogP contribution in [-0.4, -0.2) is 11.8 Å². The Morgan fingerprint density at radius 1 is 1.22 bits per heavy atom. The summed E-state index contributed by atoms with van der Waals surface area (Å²) >= 11 is 3.71. The summed E-state index contributed by atoms with van der Waals surface area (Å²) in [5.74, 6) is 0. The molecule has 0 amide bonds. The highest BCUT2D eigenvalue weighted by Gasteiger charge is 1.59. The molecule has 0 radical (unpaired) electrons. The van der Waals surface area contributed by atoms with Crippen molar-refractivity contribution < 1.29 is 4.79 Å². The van der Waals surface area contributed by atoms with Crippen LogP contribution in [0.15, 0.2) is 29.4 Å². The average molecular weight is 141 g/mol. The van der Waals surface area contributed by atoms with Crippen LogP contribution in [0.3, 0.4) is 0 Å². The lowest BCUT2D eigenvalue weighted by molar-refractivity contribution is -0.104. The molecule has 0 aromatic carbocycles. The second kappa shape index (κ2) is 7.17. The number of nitrogens with zero attached hydrogens (tertiary/aromatic N) is 1. The van der Waals surface area contributed by atoms with Gasteiger partial charge >= 0.3 is 0 Å². The van der Waals surface area contributed by atoms with Crippen LogP contribution in [0, 0.1) is 0 Å². The third-order valence-corrected chi connectivity index (χ3v) is 0.673. The lowest BCUT2D eigenvalue weighted by atomic mass is 10.5. The molecule has 0 bridgehead atoms. The lowest BCUT2D eigenvalue weighted by Crippen LogP contribution is -1.55. The summed E-state index contributed by atoms with van der Waals surface area (Å²) < 4.78 is 0. The van der Waals surface area contributed by atoms with E-state index in [1.165, 1.54) is 17.8 Å². The van der Waals surface area contributed by atoms with E-state index >= 15 is 0 Å². The van der Waals surface area contributed by atoms with Gasteiger partial charge in [-0.1, -0.05) is 6.08 Å². The Balaban J connectivity index is 3.46. The molecule has 0 heterocycles. The zero-order valence-electron chi connectivity index (χ0n) is 4.77. The van der Waals surface area contributed by atoms with E-state index < -0.39 is 0 Å². The molecule has 0 aliphatic rings. The zero-order chi connectivity index (χ0) is 6.95. The van der Waals surface area contributed by atoms with Crippen LogP contribution >= 0.6 is 12.6 Å². The third-order valence-electron chi connectivity index (χ3n) is 0.540. The maximum Gasteiger partial charge on any atom is 0.142 e. The predicted molar refractivity (Wildman–Crippen MR) is 41.8 cm³/mol. The molecule has 0 spiro atoms. The van der Waals surface area contributed by atoms with Crippen molar-refractivity contribution in [1.82, 2.24) is 0 Å². The van der Waals surface area contributed by atoms with Crippen LogP contribution in [0.2, 0.25) is 0 Å². The largest absolute Gasteiger partial charge is 0.299 e. The van der Waals surface area contributed by atoms with Crippen molar-refractivity contribution >= 4 is 24.5 Å². The maximum atomic E-state index is 9.66. The molecule has 0 aliphatic carbocycles. The van der Waals surface area contributed by atoms with E-state index in [4.69, 9.17) is 0 Å². The number of thiol groups is 1. The first-order valence-corrected chi connectivity index (χ1v) is 2.86. The molecule has 48 valence electrons. The van der Waals surface area contributed by atoms with Crippen LogP contribution in [0.5, 0.6) is 0 Å². The average Bonchev–Trinajstić information content (AvgIpc) is 1.89. The van der Waals surface area contributed by atoms with Crippen LogP contribution in [0.25, 0.3) is 0 Å². The molecule has 2 nitrogen and oxygen atoms in total. The molecule has 0 N–H and O–H groups in total. The number of rotatable bonds is 3. The van der Waals surface area contributed by atoms with Crippen molar-refractivity contribution in [3.63, 3.8) is 0 Å². The number of aldehydes is 1. The summed E-state index contributed by atoms with van der Waals surface area (Å²) in [7, 11) is 0. The van der Waals surface area contributed by atoms with Gasteiger partial charge < -0.3 is 0 Å². The number of allylic oxidation sites excluding steroid dienone is 3. The number of hydrogen-bond acceptors (Lipinski definition) is 2. The number of hydrogen-bond donors (Lipinski definition) is 1. The van der Waals surface area contributed by atoms with E-state index in [9.17, 15) is 4.79 Å². The summed E-state index contributed by atoms with van der Waals surface area (Å²) in [5.41, 5.74) is 1.37. The fraction of sp³-hybridized carbons (Fsp3) is 0. The summed E-state index contributed by atoms with van der Waals surface area (Å²) in [6.07, 6.45) is 6.85. The molecular weight excluding hydrogens is 134 g/mol. The number of carbonyl (C=O) groups excluding carboxylic acids is 1. The first-order chi connectivity index (χ1) is 4.41. The van der Waals surface area contributed by atoms with Gasteiger partial charge in [0.25, 0.3) is 0 Å². The van der Waals surface area contributed by atoms with Gasteiger partial charge in [-0.2, -0.15) is 0 Å². The summed E-state index contributed by atoms with van der Waals surface area (Å²) in [4.78, 5) is 13.3. The van der Waals surface area contributed by atoms with Gasteiger partial charge in [-0.05, 0) is 12.2 Å². The van der Waals surface area contributed by atoms with E-state index in [0.717, 1.165) is 0 Å². The maximum absolute atomic E-state index is 9.66. The van der Waals surface area contributed by atoms with E-state index in [1.54, 1.807) is 12.2 Å². The Bertz CT molecular complexity index is 149. The van der Waals surface area contributed by atoms with Gasteiger partial charge in [-0.15, -0.1) is 12.6 Å². The molecule has 0 aromatic heterocycles. The van der Waals surface area contributed by atoms with Crippen LogP contribution < -0.4 is 0 Å². The fourth-order valence-corrected chi connectivity index (χ4v) is 0.324. The van der Waals surface area contributed by atoms with Crippen molar-refractivity contribution in [1.29, 1.82) is 0 Å². The summed E-state index contributed by atoms with van der Waals surface area (Å²) in [5, 5.41) is 0. The molecule has 9 heavy (non-hydrogen) atoms. The Morgan fingerprint density at radius 3 is 2.56 bits per heavy atom. The van der Waals surface area contributed by atoms with E-state index in [-0.39, 0.29) is 0 Å². The van der Waals surface area contributed by atoms with E-state index in [1.807, 2.05) is 0 Å². The molecule has 0 rings (SSSR count). The first kappa shape index (κ1) is 8.17. The van der Waals surface area contributed by atoms with Crippen LogP contribution in [-0.2, 0) is 4.79 Å². The molecule has 0 aliphatic heterocycles. The highest BCUT2D eigenvalue weighted by molar-refractivity contribution is 7.94. The van der Waals surface area contributed by atoms with Crippen molar-refractivity contribution in [2.45, 2.75) is 0 Å². The highest BCUT2D eigenvalue weighted by Crippen LogP contribution is 1.76. The van der Waals surface area contributed by atoms with Crippen molar-refractivity contribution in [2.24, 2.45) is 4.99 Å². The van der Waals surface area contributed by atoms with Gasteiger partial charge in [0, 0.05) is 6.20 Å². The number of aliphatic imine (C=N–C) groups is 1. The van der Waals surface area contributed by atoms with Crippen molar-refractivity contribution in [2.75, 3.05) is 0 Å². The Kier molecular flexibility index (Phi) is 6.51.